The maximum atomic E-state index is 13.4. The van der Waals surface area contributed by atoms with Crippen molar-refractivity contribution in [2.45, 2.75) is 56.9 Å². The van der Waals surface area contributed by atoms with Gasteiger partial charge in [-0.05, 0) is 46.6 Å². The average Bonchev–Trinajstić information content (AvgIpc) is 3.50. The lowest BCUT2D eigenvalue weighted by Gasteiger charge is -2.18. The molecule has 0 saturated carbocycles. The van der Waals surface area contributed by atoms with E-state index in [9.17, 15) is 8.42 Å². The second-order valence-corrected chi connectivity index (χ2v) is 12.3. The van der Waals surface area contributed by atoms with Crippen LogP contribution in [-0.2, 0) is 30.8 Å². The van der Waals surface area contributed by atoms with Gasteiger partial charge in [-0.2, -0.15) is 0 Å². The fourth-order valence-electron chi connectivity index (χ4n) is 4.65. The van der Waals surface area contributed by atoms with Crippen LogP contribution in [0, 0.1) is 0 Å². The highest BCUT2D eigenvalue weighted by Gasteiger charge is 2.26. The topological polar surface area (TPSA) is 134 Å². The molecule has 1 aromatic heterocycles. The van der Waals surface area contributed by atoms with E-state index in [1.165, 1.54) is 23.6 Å². The summed E-state index contributed by atoms with van der Waals surface area (Å²) in [6, 6.07) is 8.94. The van der Waals surface area contributed by atoms with Crippen LogP contribution in [0.1, 0.15) is 51.0 Å². The molecule has 13 heteroatoms. The van der Waals surface area contributed by atoms with Crippen molar-refractivity contribution in [3.05, 3.63) is 35.9 Å². The Labute approximate surface area is 254 Å². The highest BCUT2D eigenvalue weighted by atomic mass is 32.2. The fourth-order valence-corrected chi connectivity index (χ4v) is 5.98. The molecule has 0 unspecified atom stereocenters. The maximum absolute atomic E-state index is 13.4. The summed E-state index contributed by atoms with van der Waals surface area (Å²) in [4.78, 5) is 0.0769. The molecular weight excluding hydrogens is 576 g/mol. The summed E-state index contributed by atoms with van der Waals surface area (Å²) >= 11 is 0. The molecule has 2 aromatic carbocycles. The average molecular weight is 621 g/mol. The number of sulfonamides is 1. The predicted octanol–water partition coefficient (Wildman–Crippen LogP) is 4.64. The zero-order valence-corrected chi connectivity index (χ0v) is 26.0. The second-order valence-electron chi connectivity index (χ2n) is 10.3. The number of benzene rings is 2. The number of rotatable bonds is 12. The van der Waals surface area contributed by atoms with Crippen LogP contribution in [0.3, 0.4) is 0 Å². The summed E-state index contributed by atoms with van der Waals surface area (Å²) < 4.78 is 61.5. The Morgan fingerprint density at radius 2 is 1.40 bits per heavy atom. The number of hydrogen-bond acceptors (Lipinski definition) is 11. The van der Waals surface area contributed by atoms with Crippen molar-refractivity contribution in [3.63, 3.8) is 0 Å². The number of ether oxygens (including phenoxy) is 5. The Morgan fingerprint density at radius 3 is 2.12 bits per heavy atom. The number of nitrogens with zero attached hydrogens (tertiary/aromatic N) is 3. The van der Waals surface area contributed by atoms with Crippen molar-refractivity contribution in [3.8, 4) is 11.5 Å². The Bertz CT molecular complexity index is 1370. The number of unbranched alkanes of at least 4 members (excludes halogenated alkanes) is 5. The molecule has 238 valence electrons. The fraction of sp³-hybridized carbons (Fsp3) is 0.600. The van der Waals surface area contributed by atoms with E-state index in [-0.39, 0.29) is 10.4 Å². The second kappa shape index (κ2) is 17.4. The molecule has 3 aromatic rings. The van der Waals surface area contributed by atoms with Crippen LogP contribution in [0.25, 0.3) is 11.0 Å². The monoisotopic (exact) mass is 620 g/mol. The van der Waals surface area contributed by atoms with Gasteiger partial charge in [-0.15, -0.1) is 0 Å². The molecule has 1 aliphatic heterocycles. The van der Waals surface area contributed by atoms with Crippen LogP contribution in [0.2, 0.25) is 0 Å². The quantitative estimate of drug-likeness (QED) is 0.284. The summed E-state index contributed by atoms with van der Waals surface area (Å²) in [6.45, 7) is 6.62. The SMILES string of the molecule is CCCCCCCCN(C)S(=O)(=O)c1ccc(NCc2ccc3c(c2)OCCOCCOCCOCCO3)c2nonc12. The molecule has 0 spiro atoms. The molecule has 0 fully saturated rings. The normalized spacial score (nSPS) is 15.7. The zero-order chi connectivity index (χ0) is 30.3. The molecule has 0 atom stereocenters. The van der Waals surface area contributed by atoms with Gasteiger partial charge in [0.1, 0.15) is 18.1 Å². The van der Waals surface area contributed by atoms with Gasteiger partial charge in [0, 0.05) is 20.1 Å². The van der Waals surface area contributed by atoms with Crippen molar-refractivity contribution < 1.29 is 36.7 Å². The standard InChI is InChI=1S/C30H44N4O8S/c1-3-4-5-6-7-8-13-34(2)43(35,36)28-12-10-25(29-30(28)33-42-32-29)31-23-24-9-11-26-27(22-24)41-21-19-39-17-15-37-14-16-38-18-20-40-26/h9-12,22,31H,3-8,13-21,23H2,1-2H3. The molecule has 0 amide bonds. The van der Waals surface area contributed by atoms with Gasteiger partial charge in [0.2, 0.25) is 10.0 Å². The molecule has 0 aliphatic carbocycles. The van der Waals surface area contributed by atoms with Crippen LogP contribution in [0.5, 0.6) is 11.5 Å². The van der Waals surface area contributed by atoms with Crippen LogP contribution in [-0.4, -0.2) is 89.5 Å². The first kappa shape index (κ1) is 32.9. The lowest BCUT2D eigenvalue weighted by atomic mass is 10.1. The van der Waals surface area contributed by atoms with Gasteiger partial charge in [0.15, 0.2) is 22.5 Å². The van der Waals surface area contributed by atoms with Crippen molar-refractivity contribution in [2.75, 3.05) is 71.8 Å². The summed E-state index contributed by atoms with van der Waals surface area (Å²) in [7, 11) is -2.16. The van der Waals surface area contributed by atoms with E-state index in [1.54, 1.807) is 19.2 Å². The highest BCUT2D eigenvalue weighted by molar-refractivity contribution is 7.89. The first-order valence-electron chi connectivity index (χ1n) is 15.1. The molecule has 1 aliphatic rings. The van der Waals surface area contributed by atoms with Crippen molar-refractivity contribution in [1.82, 2.24) is 14.6 Å². The van der Waals surface area contributed by atoms with E-state index in [0.29, 0.717) is 88.6 Å². The summed E-state index contributed by atoms with van der Waals surface area (Å²) in [5.74, 6) is 1.21. The van der Waals surface area contributed by atoms with Gasteiger partial charge < -0.3 is 29.0 Å². The van der Waals surface area contributed by atoms with Crippen molar-refractivity contribution in [1.29, 1.82) is 0 Å². The minimum atomic E-state index is -3.76. The number of fused-ring (bicyclic) bond motifs is 2. The van der Waals surface area contributed by atoms with Gasteiger partial charge in [0.05, 0.1) is 45.3 Å². The van der Waals surface area contributed by atoms with Crippen LogP contribution in [0.15, 0.2) is 39.9 Å². The van der Waals surface area contributed by atoms with Crippen molar-refractivity contribution >= 4 is 26.7 Å². The third-order valence-electron chi connectivity index (χ3n) is 7.10. The smallest absolute Gasteiger partial charge is 0.245 e. The minimum Gasteiger partial charge on any atom is -0.487 e. The van der Waals surface area contributed by atoms with E-state index in [1.807, 2.05) is 18.2 Å². The molecule has 1 N–H and O–H groups in total. The van der Waals surface area contributed by atoms with Gasteiger partial charge in [-0.3, -0.25) is 0 Å². The molecule has 43 heavy (non-hydrogen) atoms. The van der Waals surface area contributed by atoms with Crippen molar-refractivity contribution in [2.24, 2.45) is 0 Å². The number of aromatic nitrogens is 2. The first-order valence-corrected chi connectivity index (χ1v) is 16.5. The Hall–Kier alpha value is -2.97. The lowest BCUT2D eigenvalue weighted by Crippen LogP contribution is -2.28. The van der Waals surface area contributed by atoms with E-state index < -0.39 is 10.0 Å². The molecule has 0 bridgehead atoms. The van der Waals surface area contributed by atoms with Gasteiger partial charge >= 0.3 is 0 Å². The first-order chi connectivity index (χ1) is 21.0. The molecule has 0 saturated heterocycles. The predicted molar refractivity (Wildman–Crippen MR) is 162 cm³/mol. The zero-order valence-electron chi connectivity index (χ0n) is 25.2. The van der Waals surface area contributed by atoms with Gasteiger partial charge in [-0.25, -0.2) is 17.4 Å². The maximum Gasteiger partial charge on any atom is 0.245 e. The number of anilines is 1. The van der Waals surface area contributed by atoms with E-state index >= 15 is 0 Å². The summed E-state index contributed by atoms with van der Waals surface area (Å²) in [6.07, 6.45) is 6.50. The summed E-state index contributed by atoms with van der Waals surface area (Å²) in [5, 5.41) is 11.3. The van der Waals surface area contributed by atoms with Crippen LogP contribution < -0.4 is 14.8 Å². The Kier molecular flexibility index (Phi) is 13.3. The number of hydrogen-bond donors (Lipinski definition) is 1. The molecule has 12 nitrogen and oxygen atoms in total. The third kappa shape index (κ3) is 9.77. The summed E-state index contributed by atoms with van der Waals surface area (Å²) in [5.41, 5.74) is 2.08. The van der Waals surface area contributed by atoms with Crippen LogP contribution >= 0.6 is 0 Å². The number of nitrogens with one attached hydrogen (secondary N) is 1. The van der Waals surface area contributed by atoms with E-state index in [0.717, 1.165) is 24.8 Å². The minimum absolute atomic E-state index is 0.0769. The molecule has 4 rings (SSSR count). The molecular formula is C30H44N4O8S. The van der Waals surface area contributed by atoms with Gasteiger partial charge in [0.25, 0.3) is 0 Å². The lowest BCUT2D eigenvalue weighted by molar-refractivity contribution is 0.00708. The van der Waals surface area contributed by atoms with Crippen LogP contribution in [0.4, 0.5) is 5.69 Å². The largest absolute Gasteiger partial charge is 0.487 e. The highest BCUT2D eigenvalue weighted by Crippen LogP contribution is 2.31. The molecule has 0 radical (unpaired) electrons. The van der Waals surface area contributed by atoms with Gasteiger partial charge in [-0.1, -0.05) is 45.1 Å². The van der Waals surface area contributed by atoms with E-state index in [4.69, 9.17) is 28.3 Å². The Balaban J connectivity index is 1.41. The van der Waals surface area contributed by atoms with E-state index in [2.05, 4.69) is 22.6 Å². The molecule has 2 heterocycles. The third-order valence-corrected chi connectivity index (χ3v) is 8.99. The Morgan fingerprint density at radius 1 is 0.767 bits per heavy atom.